The molecule has 1 aliphatic heterocycles. The van der Waals surface area contributed by atoms with Crippen LogP contribution in [0.25, 0.3) is 0 Å². The third-order valence-electron chi connectivity index (χ3n) is 6.54. The number of carbonyl (C=O) groups excluding carboxylic acids is 1. The van der Waals surface area contributed by atoms with E-state index in [4.69, 9.17) is 0 Å². The second-order valence-corrected chi connectivity index (χ2v) is 8.85. The van der Waals surface area contributed by atoms with Crippen LogP contribution < -0.4 is 5.32 Å². The maximum absolute atomic E-state index is 12.9. The number of hydrogen-bond acceptors (Lipinski definition) is 5. The first-order chi connectivity index (χ1) is 14.2. The molecule has 4 rings (SSSR count). The van der Waals surface area contributed by atoms with E-state index < -0.39 is 0 Å². The summed E-state index contributed by atoms with van der Waals surface area (Å²) in [6.07, 6.45) is 10.1. The highest BCUT2D eigenvalue weighted by Crippen LogP contribution is 2.40. The van der Waals surface area contributed by atoms with E-state index in [-0.39, 0.29) is 11.3 Å². The molecule has 2 fully saturated rings. The fraction of sp³-hybridized carbons (Fsp3) is 0.636. The van der Waals surface area contributed by atoms with Gasteiger partial charge in [-0.2, -0.15) is 0 Å². The Morgan fingerprint density at radius 1 is 1.10 bits per heavy atom. The van der Waals surface area contributed by atoms with Crippen LogP contribution in [0.5, 0.6) is 0 Å². The van der Waals surface area contributed by atoms with Crippen LogP contribution in [0.3, 0.4) is 0 Å². The summed E-state index contributed by atoms with van der Waals surface area (Å²) in [4.78, 5) is 15.4. The summed E-state index contributed by atoms with van der Waals surface area (Å²) in [6.45, 7) is 3.81. The van der Waals surface area contributed by atoms with Crippen molar-refractivity contribution < 1.29 is 4.79 Å². The Morgan fingerprint density at radius 2 is 1.86 bits per heavy atom. The second kappa shape index (κ2) is 9.48. The molecule has 0 bridgehead atoms. The van der Waals surface area contributed by atoms with Crippen molar-refractivity contribution >= 4 is 5.91 Å². The van der Waals surface area contributed by atoms with Crippen molar-refractivity contribution in [3.8, 4) is 0 Å². The summed E-state index contributed by atoms with van der Waals surface area (Å²) in [5, 5.41) is 14.9. The molecule has 1 amide bonds. The van der Waals surface area contributed by atoms with Crippen LogP contribution in [0.1, 0.15) is 56.9 Å². The van der Waals surface area contributed by atoms with Gasteiger partial charge in [-0.1, -0.05) is 49.6 Å². The molecule has 7 nitrogen and oxygen atoms in total. The van der Waals surface area contributed by atoms with E-state index in [2.05, 4.69) is 56.1 Å². The zero-order valence-corrected chi connectivity index (χ0v) is 17.2. The van der Waals surface area contributed by atoms with Crippen molar-refractivity contribution in [2.24, 2.45) is 5.41 Å². The molecule has 1 saturated carbocycles. The van der Waals surface area contributed by atoms with Gasteiger partial charge in [0.25, 0.3) is 0 Å². The van der Waals surface area contributed by atoms with E-state index in [0.29, 0.717) is 12.5 Å². The molecule has 156 valence electrons. The maximum Gasteiger partial charge on any atom is 0.220 e. The molecule has 2 heterocycles. The van der Waals surface area contributed by atoms with Crippen molar-refractivity contribution in [2.75, 3.05) is 13.1 Å². The van der Waals surface area contributed by atoms with Crippen molar-refractivity contribution in [1.82, 2.24) is 30.4 Å². The van der Waals surface area contributed by atoms with Gasteiger partial charge in [0.05, 0.1) is 6.54 Å². The van der Waals surface area contributed by atoms with Crippen LogP contribution in [-0.2, 0) is 17.9 Å². The smallest absolute Gasteiger partial charge is 0.220 e. The number of carbonyl (C=O) groups is 1. The third kappa shape index (κ3) is 5.63. The van der Waals surface area contributed by atoms with E-state index in [9.17, 15) is 4.79 Å². The monoisotopic (exact) mass is 396 g/mol. The molecule has 2 aliphatic rings. The lowest BCUT2D eigenvalue weighted by atomic mass is 9.71. The van der Waals surface area contributed by atoms with Gasteiger partial charge in [-0.3, -0.25) is 9.69 Å². The number of piperidine rings is 1. The molecule has 2 aromatic rings. The molecule has 0 unspecified atom stereocenters. The molecular weight excluding hydrogens is 364 g/mol. The molecule has 1 aliphatic carbocycles. The van der Waals surface area contributed by atoms with Crippen LogP contribution in [0, 0.1) is 5.41 Å². The minimum atomic E-state index is -0.00821. The molecule has 29 heavy (non-hydrogen) atoms. The maximum atomic E-state index is 12.9. The predicted molar refractivity (Wildman–Crippen MR) is 111 cm³/mol. The number of hydrogen-bond donors (Lipinski definition) is 1. The Hall–Kier alpha value is -2.28. The first kappa shape index (κ1) is 20.0. The fourth-order valence-corrected chi connectivity index (χ4v) is 4.99. The van der Waals surface area contributed by atoms with Crippen molar-refractivity contribution in [3.63, 3.8) is 0 Å². The quantitative estimate of drug-likeness (QED) is 0.779. The van der Waals surface area contributed by atoms with Gasteiger partial charge < -0.3 is 5.32 Å². The highest BCUT2D eigenvalue weighted by atomic mass is 16.1. The van der Waals surface area contributed by atoms with Crippen LogP contribution in [0.15, 0.2) is 36.7 Å². The Morgan fingerprint density at radius 3 is 2.55 bits per heavy atom. The Kier molecular flexibility index (Phi) is 6.54. The lowest BCUT2D eigenvalue weighted by molar-refractivity contribution is -0.125. The van der Waals surface area contributed by atoms with Gasteiger partial charge in [-0.05, 0) is 47.1 Å². The summed E-state index contributed by atoms with van der Waals surface area (Å²) in [5.74, 6) is 0.196. The van der Waals surface area contributed by atoms with Gasteiger partial charge >= 0.3 is 0 Å². The van der Waals surface area contributed by atoms with Gasteiger partial charge in [-0.15, -0.1) is 5.10 Å². The molecule has 1 aromatic heterocycles. The lowest BCUT2D eigenvalue weighted by Gasteiger charge is -2.37. The number of nitrogens with zero attached hydrogens (tertiary/aromatic N) is 5. The van der Waals surface area contributed by atoms with Gasteiger partial charge in [0.15, 0.2) is 0 Å². The first-order valence-electron chi connectivity index (χ1n) is 11.0. The summed E-state index contributed by atoms with van der Waals surface area (Å²) < 4.78 is 1.79. The summed E-state index contributed by atoms with van der Waals surface area (Å²) in [7, 11) is 0. The topological polar surface area (TPSA) is 75.9 Å². The zero-order valence-electron chi connectivity index (χ0n) is 17.2. The highest BCUT2D eigenvalue weighted by molar-refractivity contribution is 5.77. The standard InChI is InChI=1S/C22H32N6O/c29-21(15-22(11-5-2-6-12-22)17-28-18-23-25-26-28)24-20-9-13-27(14-10-20)16-19-7-3-1-4-8-19/h1,3-4,7-8,18,20H,2,5-6,9-17H2,(H,24,29). The highest BCUT2D eigenvalue weighted by Gasteiger charge is 2.36. The minimum Gasteiger partial charge on any atom is -0.353 e. The van der Waals surface area contributed by atoms with Crippen LogP contribution in [0.4, 0.5) is 0 Å². The molecule has 1 saturated heterocycles. The molecule has 0 atom stereocenters. The molecule has 0 spiro atoms. The molecule has 7 heteroatoms. The van der Waals surface area contributed by atoms with Crippen molar-refractivity contribution in [3.05, 3.63) is 42.2 Å². The van der Waals surface area contributed by atoms with E-state index >= 15 is 0 Å². The number of benzene rings is 1. The van der Waals surface area contributed by atoms with E-state index in [1.165, 1.54) is 24.8 Å². The minimum absolute atomic E-state index is 0.00821. The van der Waals surface area contributed by atoms with E-state index in [1.807, 2.05) is 0 Å². The van der Waals surface area contributed by atoms with Gasteiger partial charge in [-0.25, -0.2) is 4.68 Å². The van der Waals surface area contributed by atoms with Crippen molar-refractivity contribution in [1.29, 1.82) is 0 Å². The number of amides is 1. The zero-order chi connectivity index (χ0) is 19.9. The lowest BCUT2D eigenvalue weighted by Crippen LogP contribution is -2.46. The summed E-state index contributed by atoms with van der Waals surface area (Å²) >= 11 is 0. The second-order valence-electron chi connectivity index (χ2n) is 8.85. The van der Waals surface area contributed by atoms with Gasteiger partial charge in [0.2, 0.25) is 5.91 Å². The third-order valence-corrected chi connectivity index (χ3v) is 6.54. The number of aromatic nitrogens is 4. The van der Waals surface area contributed by atoms with Crippen LogP contribution in [-0.4, -0.2) is 50.1 Å². The normalized spacial score (nSPS) is 20.4. The molecule has 0 radical (unpaired) electrons. The fourth-order valence-electron chi connectivity index (χ4n) is 4.99. The number of nitrogens with one attached hydrogen (secondary N) is 1. The Balaban J connectivity index is 1.26. The number of tetrazole rings is 1. The van der Waals surface area contributed by atoms with Crippen LogP contribution in [0.2, 0.25) is 0 Å². The SMILES string of the molecule is O=C(CC1(Cn2cnnn2)CCCCC1)NC1CCN(Cc2ccccc2)CC1. The number of rotatable bonds is 7. The van der Waals surface area contributed by atoms with Gasteiger partial charge in [0, 0.05) is 32.1 Å². The Labute approximate surface area is 172 Å². The largest absolute Gasteiger partial charge is 0.353 e. The molecule has 1 aromatic carbocycles. The van der Waals surface area contributed by atoms with E-state index in [0.717, 1.165) is 51.9 Å². The average Bonchev–Trinajstić information content (AvgIpc) is 3.23. The van der Waals surface area contributed by atoms with Gasteiger partial charge in [0.1, 0.15) is 6.33 Å². The predicted octanol–water partition coefficient (Wildman–Crippen LogP) is 2.79. The van der Waals surface area contributed by atoms with Crippen molar-refractivity contribution in [2.45, 2.75) is 70.5 Å². The Bertz CT molecular complexity index is 749. The molecular formula is C22H32N6O. The molecule has 1 N–H and O–H groups in total. The summed E-state index contributed by atoms with van der Waals surface area (Å²) in [5.41, 5.74) is 1.35. The van der Waals surface area contributed by atoms with Crippen LogP contribution >= 0.6 is 0 Å². The summed E-state index contributed by atoms with van der Waals surface area (Å²) in [6, 6.07) is 10.9. The van der Waals surface area contributed by atoms with E-state index in [1.54, 1.807) is 11.0 Å². The number of likely N-dealkylation sites (tertiary alicyclic amines) is 1. The first-order valence-corrected chi connectivity index (χ1v) is 11.0. The average molecular weight is 397 g/mol.